The fourth-order valence-corrected chi connectivity index (χ4v) is 11.3. The van der Waals surface area contributed by atoms with Crippen LogP contribution in [0.2, 0.25) is 0 Å². The standard InChI is InChI=1S/C54H43NS/c1-4-13-34(40-20-11-16-35-14-5-7-17-39(35)40)30-31-55(38-26-28-43-42-19-9-10-22-47(42)54(2,3)48(43)33-38)49-23-12-21-45-52-50(56-53(45)49)29-25-37-32-46-41-18-8-6-15-36(41)24-27-44(46)51(37)52/h5-12,14-30,33H,4,13,31-32H2,1-3H3/b34-30+. The second-order valence-corrected chi connectivity index (χ2v) is 17.3. The predicted molar refractivity (Wildman–Crippen MR) is 243 cm³/mol. The number of allylic oxidation sites excluding steroid dienone is 1. The van der Waals surface area contributed by atoms with Gasteiger partial charge in [-0.25, -0.2) is 0 Å². The second kappa shape index (κ2) is 12.8. The molecule has 0 unspecified atom stereocenters. The molecule has 0 spiro atoms. The average Bonchev–Trinajstić information content (AvgIpc) is 3.88. The predicted octanol–water partition coefficient (Wildman–Crippen LogP) is 15.3. The number of anilines is 2. The van der Waals surface area contributed by atoms with Crippen LogP contribution in [0.5, 0.6) is 0 Å². The van der Waals surface area contributed by atoms with Crippen LogP contribution in [0.15, 0.2) is 158 Å². The fourth-order valence-electron chi connectivity index (χ4n) is 10.1. The van der Waals surface area contributed by atoms with Crippen molar-refractivity contribution in [2.24, 2.45) is 0 Å². The maximum absolute atomic E-state index is 2.60. The van der Waals surface area contributed by atoms with Crippen LogP contribution in [0, 0.1) is 0 Å². The molecule has 0 fully saturated rings. The first-order valence-electron chi connectivity index (χ1n) is 20.2. The zero-order valence-corrected chi connectivity index (χ0v) is 33.0. The molecule has 2 aliphatic carbocycles. The molecule has 1 heterocycles. The minimum Gasteiger partial charge on any atom is -0.336 e. The van der Waals surface area contributed by atoms with Gasteiger partial charge in [-0.1, -0.05) is 161 Å². The molecule has 0 aliphatic heterocycles. The number of fused-ring (bicyclic) bond motifs is 13. The van der Waals surface area contributed by atoms with E-state index in [0.717, 1.165) is 25.8 Å². The van der Waals surface area contributed by atoms with Crippen molar-refractivity contribution in [1.82, 2.24) is 0 Å². The summed E-state index contributed by atoms with van der Waals surface area (Å²) in [6.07, 6.45) is 5.62. The quantitative estimate of drug-likeness (QED) is 0.157. The molecule has 0 N–H and O–H groups in total. The van der Waals surface area contributed by atoms with Gasteiger partial charge in [0.15, 0.2) is 0 Å². The molecule has 1 aromatic heterocycles. The van der Waals surface area contributed by atoms with Gasteiger partial charge in [0.2, 0.25) is 0 Å². The van der Waals surface area contributed by atoms with Gasteiger partial charge in [-0.05, 0) is 114 Å². The molecule has 1 nitrogen and oxygen atoms in total. The Bertz CT molecular complexity index is 3080. The molecule has 2 heteroatoms. The van der Waals surface area contributed by atoms with Crippen LogP contribution >= 0.6 is 11.3 Å². The first-order chi connectivity index (χ1) is 27.5. The lowest BCUT2D eigenvalue weighted by molar-refractivity contribution is 0.660. The highest BCUT2D eigenvalue weighted by Gasteiger charge is 2.36. The minimum atomic E-state index is -0.0818. The van der Waals surface area contributed by atoms with Crippen LogP contribution in [0.3, 0.4) is 0 Å². The van der Waals surface area contributed by atoms with Crippen molar-refractivity contribution in [3.8, 4) is 22.3 Å². The average molecular weight is 738 g/mol. The van der Waals surface area contributed by atoms with Crippen LogP contribution < -0.4 is 4.90 Å². The highest BCUT2D eigenvalue weighted by molar-refractivity contribution is 7.26. The molecule has 0 bridgehead atoms. The lowest BCUT2D eigenvalue weighted by Crippen LogP contribution is -2.19. The molecular formula is C54H43NS. The molecule has 0 atom stereocenters. The van der Waals surface area contributed by atoms with Crippen LogP contribution in [0.4, 0.5) is 11.4 Å². The van der Waals surface area contributed by atoms with Crippen molar-refractivity contribution in [3.63, 3.8) is 0 Å². The van der Waals surface area contributed by atoms with Crippen molar-refractivity contribution in [1.29, 1.82) is 0 Å². The lowest BCUT2D eigenvalue weighted by Gasteiger charge is -2.28. The molecule has 9 aromatic rings. The smallest absolute Gasteiger partial charge is 0.0595 e. The Morgan fingerprint density at radius 1 is 0.661 bits per heavy atom. The van der Waals surface area contributed by atoms with Gasteiger partial charge in [-0.15, -0.1) is 11.3 Å². The molecule has 2 aliphatic rings. The zero-order valence-electron chi connectivity index (χ0n) is 32.2. The molecule has 0 saturated carbocycles. The molecule has 270 valence electrons. The van der Waals surface area contributed by atoms with E-state index in [1.165, 1.54) is 109 Å². The molecule has 56 heavy (non-hydrogen) atoms. The Morgan fingerprint density at radius 3 is 2.25 bits per heavy atom. The largest absolute Gasteiger partial charge is 0.336 e. The summed E-state index contributed by atoms with van der Waals surface area (Å²) in [5, 5.41) is 8.08. The van der Waals surface area contributed by atoms with E-state index in [0.29, 0.717) is 0 Å². The summed E-state index contributed by atoms with van der Waals surface area (Å²) in [6.45, 7) is 7.85. The van der Waals surface area contributed by atoms with Gasteiger partial charge in [0.1, 0.15) is 0 Å². The highest BCUT2D eigenvalue weighted by Crippen LogP contribution is 2.52. The summed E-state index contributed by atoms with van der Waals surface area (Å²) in [5.41, 5.74) is 16.4. The van der Waals surface area contributed by atoms with Gasteiger partial charge in [0.05, 0.1) is 10.4 Å². The number of nitrogens with zero attached hydrogens (tertiary/aromatic N) is 1. The van der Waals surface area contributed by atoms with Gasteiger partial charge in [0.25, 0.3) is 0 Å². The third-order valence-corrected chi connectivity index (χ3v) is 13.9. The number of benzene rings is 8. The number of hydrogen-bond acceptors (Lipinski definition) is 2. The molecule has 11 rings (SSSR count). The van der Waals surface area contributed by atoms with Gasteiger partial charge in [-0.2, -0.15) is 0 Å². The van der Waals surface area contributed by atoms with Crippen LogP contribution in [0.25, 0.3) is 69.5 Å². The van der Waals surface area contributed by atoms with E-state index >= 15 is 0 Å². The molecular weight excluding hydrogens is 695 g/mol. The van der Waals surface area contributed by atoms with Crippen molar-refractivity contribution in [2.45, 2.75) is 45.4 Å². The van der Waals surface area contributed by atoms with Crippen LogP contribution in [-0.2, 0) is 11.8 Å². The van der Waals surface area contributed by atoms with E-state index in [1.54, 1.807) is 0 Å². The molecule has 8 aromatic carbocycles. The van der Waals surface area contributed by atoms with Crippen molar-refractivity contribution >= 4 is 70.0 Å². The van der Waals surface area contributed by atoms with Crippen LogP contribution in [0.1, 0.15) is 61.4 Å². The normalized spacial score (nSPS) is 14.0. The topological polar surface area (TPSA) is 3.24 Å². The second-order valence-electron chi connectivity index (χ2n) is 16.2. The number of rotatable bonds is 7. The third kappa shape index (κ3) is 4.98. The van der Waals surface area contributed by atoms with Gasteiger partial charge in [-0.3, -0.25) is 0 Å². The van der Waals surface area contributed by atoms with E-state index in [-0.39, 0.29) is 5.41 Å². The van der Waals surface area contributed by atoms with E-state index in [4.69, 9.17) is 0 Å². The van der Waals surface area contributed by atoms with Gasteiger partial charge >= 0.3 is 0 Å². The van der Waals surface area contributed by atoms with Crippen molar-refractivity contribution in [2.75, 3.05) is 11.4 Å². The highest BCUT2D eigenvalue weighted by atomic mass is 32.1. The summed E-state index contributed by atoms with van der Waals surface area (Å²) in [4.78, 5) is 2.60. The zero-order chi connectivity index (χ0) is 37.5. The summed E-state index contributed by atoms with van der Waals surface area (Å²) < 4.78 is 2.71. The van der Waals surface area contributed by atoms with E-state index < -0.39 is 0 Å². The molecule has 0 radical (unpaired) electrons. The monoisotopic (exact) mass is 737 g/mol. The first kappa shape index (κ1) is 33.4. The summed E-state index contributed by atoms with van der Waals surface area (Å²) in [7, 11) is 0. The Kier molecular flexibility index (Phi) is 7.63. The van der Waals surface area contributed by atoms with Crippen LogP contribution in [-0.4, -0.2) is 6.54 Å². The maximum atomic E-state index is 2.60. The summed E-state index contributed by atoms with van der Waals surface area (Å²) in [5.74, 6) is 0. The molecule has 0 amide bonds. The summed E-state index contributed by atoms with van der Waals surface area (Å²) in [6, 6.07) is 57.2. The van der Waals surface area contributed by atoms with E-state index in [1.807, 2.05) is 11.3 Å². The first-order valence-corrected chi connectivity index (χ1v) is 21.0. The maximum Gasteiger partial charge on any atom is 0.0595 e. The fraction of sp³-hybridized carbons (Fsp3) is 0.148. The van der Waals surface area contributed by atoms with Crippen molar-refractivity contribution in [3.05, 3.63) is 186 Å². The lowest BCUT2D eigenvalue weighted by atomic mass is 9.82. The Hall–Kier alpha value is -5.96. The van der Waals surface area contributed by atoms with E-state index in [9.17, 15) is 0 Å². The van der Waals surface area contributed by atoms with Crippen molar-refractivity contribution < 1.29 is 0 Å². The van der Waals surface area contributed by atoms with E-state index in [2.05, 4.69) is 183 Å². The Balaban J connectivity index is 1.11. The third-order valence-electron chi connectivity index (χ3n) is 12.8. The SMILES string of the molecule is CCC/C(=C\CN(c1ccc2c(c1)C(C)(C)c1ccccc1-2)c1cccc2c1sc1ccc3c(c12)-c1ccc2ccccc2c1C3)c1cccc2ccccc12. The Morgan fingerprint density at radius 2 is 1.38 bits per heavy atom. The van der Waals surface area contributed by atoms with Gasteiger partial charge < -0.3 is 4.90 Å². The molecule has 0 saturated heterocycles. The number of thiophene rings is 1. The number of hydrogen-bond donors (Lipinski definition) is 0. The minimum absolute atomic E-state index is 0.0818. The Labute approximate surface area is 333 Å². The summed E-state index contributed by atoms with van der Waals surface area (Å²) >= 11 is 1.95. The van der Waals surface area contributed by atoms with Gasteiger partial charge in [0, 0.05) is 33.1 Å².